The molecule has 3 amide bonds. The Bertz CT molecular complexity index is 1450. The van der Waals surface area contributed by atoms with E-state index in [0.717, 1.165) is 16.3 Å². The maximum atomic E-state index is 13.0. The highest BCUT2D eigenvalue weighted by molar-refractivity contribution is 7.98. The zero-order valence-electron chi connectivity index (χ0n) is 21.9. The van der Waals surface area contributed by atoms with Crippen LogP contribution in [0.3, 0.4) is 0 Å². The van der Waals surface area contributed by atoms with Crippen LogP contribution in [0, 0.1) is 0 Å². The number of pyridine rings is 1. The molecule has 9 nitrogen and oxygen atoms in total. The molecule has 0 radical (unpaired) electrons. The van der Waals surface area contributed by atoms with Crippen molar-refractivity contribution in [2.75, 3.05) is 22.2 Å². The summed E-state index contributed by atoms with van der Waals surface area (Å²) in [7, 11) is 0. The summed E-state index contributed by atoms with van der Waals surface area (Å²) in [5, 5.41) is 13.3. The van der Waals surface area contributed by atoms with Crippen LogP contribution in [0.25, 0.3) is 5.69 Å². The van der Waals surface area contributed by atoms with Crippen LogP contribution in [0.15, 0.2) is 77.8 Å². The van der Waals surface area contributed by atoms with Gasteiger partial charge in [0.15, 0.2) is 0 Å². The molecule has 0 bridgehead atoms. The van der Waals surface area contributed by atoms with E-state index in [9.17, 15) is 9.59 Å². The van der Waals surface area contributed by atoms with Crippen molar-refractivity contribution in [2.45, 2.75) is 38.0 Å². The molecule has 4 aromatic rings. The molecular formula is C28H30N6O3S. The zero-order valence-corrected chi connectivity index (χ0v) is 22.7. The number of thioether (sulfide) groups is 1. The quantitative estimate of drug-likeness (QED) is 0.230. The maximum Gasteiger partial charge on any atom is 0.324 e. The molecule has 2 aromatic heterocycles. The second kappa shape index (κ2) is 11.4. The van der Waals surface area contributed by atoms with Gasteiger partial charge < -0.3 is 15.4 Å². The van der Waals surface area contributed by atoms with E-state index in [1.807, 2.05) is 48.7 Å². The summed E-state index contributed by atoms with van der Waals surface area (Å²) in [5.74, 6) is 1.86. The first kappa shape index (κ1) is 26.7. The van der Waals surface area contributed by atoms with Crippen LogP contribution in [0.5, 0.6) is 11.5 Å². The Morgan fingerprint density at radius 1 is 0.921 bits per heavy atom. The molecule has 0 atom stereocenters. The molecule has 2 aromatic carbocycles. The van der Waals surface area contributed by atoms with Crippen molar-refractivity contribution in [1.29, 1.82) is 0 Å². The van der Waals surface area contributed by atoms with Gasteiger partial charge in [-0.05, 0) is 42.7 Å². The highest BCUT2D eigenvalue weighted by Crippen LogP contribution is 2.33. The van der Waals surface area contributed by atoms with Crippen LogP contribution in [-0.2, 0) is 10.2 Å². The minimum atomic E-state index is -0.388. The Balaban J connectivity index is 1.51. The van der Waals surface area contributed by atoms with Crippen LogP contribution in [0.4, 0.5) is 22.1 Å². The molecule has 0 saturated heterocycles. The zero-order chi connectivity index (χ0) is 27.3. The Labute approximate surface area is 226 Å². The fraction of sp³-hybridized carbons (Fsp3) is 0.214. The van der Waals surface area contributed by atoms with E-state index in [-0.39, 0.29) is 17.4 Å². The lowest BCUT2D eigenvalue weighted by Crippen LogP contribution is -2.21. The summed E-state index contributed by atoms with van der Waals surface area (Å²) < 4.78 is 7.69. The van der Waals surface area contributed by atoms with Crippen LogP contribution in [0.2, 0.25) is 0 Å². The first-order valence-electron chi connectivity index (χ1n) is 12.0. The molecule has 0 aliphatic carbocycles. The highest BCUT2D eigenvalue weighted by Gasteiger charge is 2.22. The largest absolute Gasteiger partial charge is 0.457 e. The maximum absolute atomic E-state index is 13.0. The van der Waals surface area contributed by atoms with E-state index >= 15 is 0 Å². The Kier molecular flexibility index (Phi) is 8.02. The van der Waals surface area contributed by atoms with Gasteiger partial charge in [-0.3, -0.25) is 10.1 Å². The van der Waals surface area contributed by atoms with E-state index in [1.165, 1.54) is 18.7 Å². The number of ether oxygens (including phenoxy) is 1. The topological polar surface area (TPSA) is 110 Å². The number of amides is 3. The van der Waals surface area contributed by atoms with Gasteiger partial charge in [-0.2, -0.15) is 5.10 Å². The van der Waals surface area contributed by atoms with Gasteiger partial charge in [0, 0.05) is 35.6 Å². The lowest BCUT2D eigenvalue weighted by molar-refractivity contribution is -0.114. The number of hydrogen-bond donors (Lipinski definition) is 3. The van der Waals surface area contributed by atoms with E-state index in [2.05, 4.69) is 41.7 Å². The first-order valence-corrected chi connectivity index (χ1v) is 13.2. The number of carbonyl (C=O) groups excluding carboxylic acids is 2. The van der Waals surface area contributed by atoms with Gasteiger partial charge in [0.2, 0.25) is 5.91 Å². The average molecular weight is 531 g/mol. The third-order valence-corrected chi connectivity index (χ3v) is 6.19. The van der Waals surface area contributed by atoms with E-state index in [0.29, 0.717) is 28.8 Å². The lowest BCUT2D eigenvalue weighted by atomic mass is 9.92. The number of rotatable bonds is 7. The summed E-state index contributed by atoms with van der Waals surface area (Å²) in [6.07, 6.45) is 3.48. The van der Waals surface area contributed by atoms with Crippen molar-refractivity contribution < 1.29 is 14.3 Å². The number of urea groups is 1. The fourth-order valence-corrected chi connectivity index (χ4v) is 4.14. The average Bonchev–Trinajstić information content (AvgIpc) is 3.29. The molecule has 0 aliphatic heterocycles. The molecule has 196 valence electrons. The smallest absolute Gasteiger partial charge is 0.324 e. The standard InChI is InChI=1S/C28H30N6O3S/c1-18(35)30-25-16-21(13-14-29-25)37-20-11-12-22(23(15-20)38-5)31-27(36)32-26-17-24(28(2,3)4)33-34(26)19-9-7-6-8-10-19/h6-17H,1-5H3,(H,29,30,35)(H2,31,32,36). The van der Waals surface area contributed by atoms with Gasteiger partial charge in [-0.1, -0.05) is 39.0 Å². The van der Waals surface area contributed by atoms with Crippen LogP contribution in [0.1, 0.15) is 33.4 Å². The van der Waals surface area contributed by atoms with E-state index in [4.69, 9.17) is 9.84 Å². The number of aromatic nitrogens is 3. The van der Waals surface area contributed by atoms with Crippen molar-refractivity contribution in [3.63, 3.8) is 0 Å². The van der Waals surface area contributed by atoms with E-state index < -0.39 is 0 Å². The number of anilines is 3. The molecule has 0 saturated carbocycles. The normalized spacial score (nSPS) is 11.1. The van der Waals surface area contributed by atoms with Gasteiger partial charge >= 0.3 is 6.03 Å². The van der Waals surface area contributed by atoms with Crippen molar-refractivity contribution in [1.82, 2.24) is 14.8 Å². The minimum absolute atomic E-state index is 0.188. The second-order valence-corrected chi connectivity index (χ2v) is 10.4. The predicted octanol–water partition coefficient (Wildman–Crippen LogP) is 6.68. The molecule has 0 aliphatic rings. The Morgan fingerprint density at radius 3 is 2.34 bits per heavy atom. The lowest BCUT2D eigenvalue weighted by Gasteiger charge is -2.14. The number of para-hydroxylation sites is 1. The van der Waals surface area contributed by atoms with E-state index in [1.54, 1.807) is 35.1 Å². The molecule has 0 unspecified atom stereocenters. The minimum Gasteiger partial charge on any atom is -0.457 e. The van der Waals surface area contributed by atoms with Crippen molar-refractivity contribution in [3.05, 3.63) is 78.6 Å². The monoisotopic (exact) mass is 530 g/mol. The molecule has 2 heterocycles. The third kappa shape index (κ3) is 6.71. The Morgan fingerprint density at radius 2 is 1.66 bits per heavy atom. The molecule has 10 heteroatoms. The van der Waals surface area contributed by atoms with Crippen molar-refractivity contribution in [3.8, 4) is 17.2 Å². The predicted molar refractivity (Wildman–Crippen MR) is 152 cm³/mol. The molecular weight excluding hydrogens is 500 g/mol. The third-order valence-electron chi connectivity index (χ3n) is 5.41. The SMILES string of the molecule is CSc1cc(Oc2ccnc(NC(C)=O)c2)ccc1NC(=O)Nc1cc(C(C)(C)C)nn1-c1ccccc1. The molecule has 0 fully saturated rings. The molecule has 0 spiro atoms. The van der Waals surface area contributed by atoms with Gasteiger partial charge in [-0.25, -0.2) is 14.5 Å². The summed E-state index contributed by atoms with van der Waals surface area (Å²) in [6, 6.07) is 19.9. The van der Waals surface area contributed by atoms with Gasteiger partial charge in [0.25, 0.3) is 0 Å². The molecule has 38 heavy (non-hydrogen) atoms. The molecule has 4 rings (SSSR count). The first-order chi connectivity index (χ1) is 18.1. The van der Waals surface area contributed by atoms with Gasteiger partial charge in [0.05, 0.1) is 17.1 Å². The number of hydrogen-bond acceptors (Lipinski definition) is 6. The number of benzene rings is 2. The van der Waals surface area contributed by atoms with Crippen LogP contribution < -0.4 is 20.7 Å². The summed E-state index contributed by atoms with van der Waals surface area (Å²) in [4.78, 5) is 29.3. The highest BCUT2D eigenvalue weighted by atomic mass is 32.2. The summed E-state index contributed by atoms with van der Waals surface area (Å²) in [6.45, 7) is 7.65. The second-order valence-electron chi connectivity index (χ2n) is 9.51. The van der Waals surface area contributed by atoms with Crippen molar-refractivity contribution >= 4 is 41.0 Å². The number of nitrogens with one attached hydrogen (secondary N) is 3. The van der Waals surface area contributed by atoms with Crippen LogP contribution in [-0.4, -0.2) is 33.0 Å². The van der Waals surface area contributed by atoms with Crippen molar-refractivity contribution in [2.24, 2.45) is 0 Å². The van der Waals surface area contributed by atoms with Gasteiger partial charge in [0.1, 0.15) is 23.1 Å². The van der Waals surface area contributed by atoms with Gasteiger partial charge in [-0.15, -0.1) is 11.8 Å². The number of nitrogens with zero attached hydrogens (tertiary/aromatic N) is 3. The number of carbonyl (C=O) groups is 2. The fourth-order valence-electron chi connectivity index (χ4n) is 3.57. The molecule has 3 N–H and O–H groups in total. The van der Waals surface area contributed by atoms with Crippen LogP contribution >= 0.6 is 11.8 Å². The summed E-state index contributed by atoms with van der Waals surface area (Å²) in [5.41, 5.74) is 2.16. The summed E-state index contributed by atoms with van der Waals surface area (Å²) >= 11 is 1.48. The Hall–Kier alpha value is -4.31.